The second-order valence-electron chi connectivity index (χ2n) is 4.67. The summed E-state index contributed by atoms with van der Waals surface area (Å²) in [5, 5.41) is 2.61. The average molecular weight is 289 g/mol. The van der Waals surface area contributed by atoms with Crippen molar-refractivity contribution in [1.29, 1.82) is 0 Å². The fraction of sp³-hybridized carbons (Fsp3) is 0.200. The Balaban J connectivity index is 2.28. The minimum absolute atomic E-state index is 0.129. The van der Waals surface area contributed by atoms with Crippen molar-refractivity contribution < 1.29 is 9.18 Å². The molecule has 0 radical (unpaired) electrons. The molecule has 1 heterocycles. The molecule has 0 bridgehead atoms. The lowest BCUT2D eigenvalue weighted by atomic mass is 10.1. The van der Waals surface area contributed by atoms with Crippen LogP contribution in [0.3, 0.4) is 0 Å². The van der Waals surface area contributed by atoms with E-state index in [0.717, 1.165) is 6.07 Å². The molecule has 0 aliphatic heterocycles. The van der Waals surface area contributed by atoms with Crippen LogP contribution < -0.4 is 16.6 Å². The first-order valence-electron chi connectivity index (χ1n) is 6.50. The highest BCUT2D eigenvalue weighted by Gasteiger charge is 2.11. The number of carbonyl (C=O) groups is 1. The van der Waals surface area contributed by atoms with Gasteiger partial charge in [-0.05, 0) is 32.0 Å². The molecular weight excluding hydrogens is 273 g/mol. The zero-order valence-corrected chi connectivity index (χ0v) is 11.8. The molecule has 0 spiro atoms. The minimum atomic E-state index is -0.529. The number of aromatic nitrogens is 1. The largest absolute Gasteiger partial charge is 0.398 e. The fourth-order valence-corrected chi connectivity index (χ4v) is 1.89. The molecule has 0 saturated carbocycles. The number of rotatable bonds is 3. The number of benzene rings is 1. The summed E-state index contributed by atoms with van der Waals surface area (Å²) in [6, 6.07) is 5.42. The van der Waals surface area contributed by atoms with Crippen LogP contribution in [-0.2, 0) is 6.54 Å². The molecule has 0 saturated heterocycles. The van der Waals surface area contributed by atoms with Crippen molar-refractivity contribution >= 4 is 17.3 Å². The van der Waals surface area contributed by atoms with Crippen LogP contribution in [0, 0.1) is 12.7 Å². The van der Waals surface area contributed by atoms with E-state index in [1.54, 1.807) is 6.92 Å². The van der Waals surface area contributed by atoms with E-state index in [1.807, 2.05) is 6.92 Å². The zero-order chi connectivity index (χ0) is 15.6. The molecule has 5 nitrogen and oxygen atoms in total. The van der Waals surface area contributed by atoms with Crippen molar-refractivity contribution in [1.82, 2.24) is 4.57 Å². The number of nitrogen functional groups attached to an aromatic ring is 1. The van der Waals surface area contributed by atoms with Crippen LogP contribution in [0.15, 0.2) is 35.3 Å². The lowest BCUT2D eigenvalue weighted by Gasteiger charge is -2.09. The number of halogens is 1. The third kappa shape index (κ3) is 3.10. The summed E-state index contributed by atoms with van der Waals surface area (Å²) in [7, 11) is 0. The van der Waals surface area contributed by atoms with Gasteiger partial charge in [0.1, 0.15) is 5.82 Å². The summed E-state index contributed by atoms with van der Waals surface area (Å²) >= 11 is 0. The second-order valence-corrected chi connectivity index (χ2v) is 4.67. The summed E-state index contributed by atoms with van der Waals surface area (Å²) in [5.74, 6) is -1.01. The number of anilines is 2. The third-order valence-electron chi connectivity index (χ3n) is 3.23. The Kier molecular flexibility index (Phi) is 4.07. The molecule has 3 N–H and O–H groups in total. The molecule has 1 aromatic heterocycles. The Labute approximate surface area is 121 Å². The highest BCUT2D eigenvalue weighted by molar-refractivity contribution is 6.04. The van der Waals surface area contributed by atoms with E-state index >= 15 is 0 Å². The topological polar surface area (TPSA) is 77.1 Å². The predicted octanol–water partition coefficient (Wildman–Crippen LogP) is 2.15. The van der Waals surface area contributed by atoms with Gasteiger partial charge in [0.05, 0.1) is 5.69 Å². The Morgan fingerprint density at radius 2 is 2.10 bits per heavy atom. The highest BCUT2D eigenvalue weighted by atomic mass is 19.1. The molecule has 1 amide bonds. The average Bonchev–Trinajstić information content (AvgIpc) is 2.46. The van der Waals surface area contributed by atoms with Gasteiger partial charge in [-0.25, -0.2) is 4.39 Å². The van der Waals surface area contributed by atoms with Crippen LogP contribution in [0.1, 0.15) is 22.8 Å². The normalized spacial score (nSPS) is 10.4. The van der Waals surface area contributed by atoms with Crippen LogP contribution in [0.5, 0.6) is 0 Å². The van der Waals surface area contributed by atoms with E-state index in [-0.39, 0.29) is 16.8 Å². The van der Waals surface area contributed by atoms with E-state index in [4.69, 9.17) is 5.73 Å². The van der Waals surface area contributed by atoms with Crippen molar-refractivity contribution in [2.45, 2.75) is 20.4 Å². The van der Waals surface area contributed by atoms with Crippen LogP contribution in [0.25, 0.3) is 0 Å². The van der Waals surface area contributed by atoms with E-state index < -0.39 is 11.7 Å². The van der Waals surface area contributed by atoms with Crippen LogP contribution in [0.4, 0.5) is 15.8 Å². The van der Waals surface area contributed by atoms with Crippen molar-refractivity contribution in [3.8, 4) is 0 Å². The number of hydrogen-bond acceptors (Lipinski definition) is 3. The van der Waals surface area contributed by atoms with E-state index in [0.29, 0.717) is 17.8 Å². The molecule has 0 aliphatic rings. The zero-order valence-electron chi connectivity index (χ0n) is 11.8. The van der Waals surface area contributed by atoms with Gasteiger partial charge in [0.2, 0.25) is 0 Å². The Morgan fingerprint density at radius 1 is 1.38 bits per heavy atom. The first-order valence-corrected chi connectivity index (χ1v) is 6.50. The molecular formula is C15H16FN3O2. The maximum Gasteiger partial charge on any atom is 0.255 e. The van der Waals surface area contributed by atoms with Gasteiger partial charge in [0.15, 0.2) is 0 Å². The van der Waals surface area contributed by atoms with Crippen LogP contribution in [0.2, 0.25) is 0 Å². The SMILES string of the molecule is CCn1cc(NC(=O)c2cc(N)c(C)c(F)c2)ccc1=O. The van der Waals surface area contributed by atoms with Gasteiger partial charge in [0.25, 0.3) is 11.5 Å². The quantitative estimate of drug-likeness (QED) is 0.850. The number of nitrogens with zero attached hydrogens (tertiary/aromatic N) is 1. The number of hydrogen-bond donors (Lipinski definition) is 2. The standard InChI is InChI=1S/C15H16FN3O2/c1-3-19-8-11(4-5-14(19)20)18-15(21)10-6-12(16)9(2)13(17)7-10/h4-8H,3,17H2,1-2H3,(H,18,21). The summed E-state index contributed by atoms with van der Waals surface area (Å²) in [5.41, 5.74) is 6.62. The van der Waals surface area contributed by atoms with Gasteiger partial charge in [-0.2, -0.15) is 0 Å². The van der Waals surface area contributed by atoms with Gasteiger partial charge in [-0.15, -0.1) is 0 Å². The summed E-state index contributed by atoms with van der Waals surface area (Å²) in [4.78, 5) is 23.6. The Hall–Kier alpha value is -2.63. The number of amides is 1. The number of nitrogens with one attached hydrogen (secondary N) is 1. The van der Waals surface area contributed by atoms with E-state index in [9.17, 15) is 14.0 Å². The first kappa shape index (κ1) is 14.8. The number of carbonyl (C=O) groups excluding carboxylic acids is 1. The molecule has 0 atom stereocenters. The van der Waals surface area contributed by atoms with E-state index in [2.05, 4.69) is 5.32 Å². The molecule has 2 aromatic rings. The predicted molar refractivity (Wildman–Crippen MR) is 79.9 cm³/mol. The van der Waals surface area contributed by atoms with Crippen LogP contribution in [-0.4, -0.2) is 10.5 Å². The van der Waals surface area contributed by atoms with Gasteiger partial charge in [-0.3, -0.25) is 9.59 Å². The molecule has 21 heavy (non-hydrogen) atoms. The molecule has 1 aromatic carbocycles. The van der Waals surface area contributed by atoms with Crippen LogP contribution >= 0.6 is 0 Å². The maximum absolute atomic E-state index is 13.6. The third-order valence-corrected chi connectivity index (χ3v) is 3.23. The van der Waals surface area contributed by atoms with E-state index in [1.165, 1.54) is 29.0 Å². The highest BCUT2D eigenvalue weighted by Crippen LogP contribution is 2.18. The maximum atomic E-state index is 13.6. The molecule has 6 heteroatoms. The van der Waals surface area contributed by atoms with Gasteiger partial charge in [-0.1, -0.05) is 0 Å². The summed E-state index contributed by atoms with van der Waals surface area (Å²) < 4.78 is 15.1. The number of nitrogens with two attached hydrogens (primary N) is 1. The summed E-state index contributed by atoms with van der Waals surface area (Å²) in [6.45, 7) is 3.86. The lowest BCUT2D eigenvalue weighted by molar-refractivity contribution is 0.102. The van der Waals surface area contributed by atoms with Gasteiger partial charge >= 0.3 is 0 Å². The molecule has 0 unspecified atom stereocenters. The molecule has 0 fully saturated rings. The van der Waals surface area contributed by atoms with Crippen molar-refractivity contribution in [3.63, 3.8) is 0 Å². The van der Waals surface area contributed by atoms with Gasteiger partial charge in [0, 0.05) is 35.6 Å². The summed E-state index contributed by atoms with van der Waals surface area (Å²) in [6.07, 6.45) is 1.54. The monoisotopic (exact) mass is 289 g/mol. The number of pyridine rings is 1. The Morgan fingerprint density at radius 3 is 2.71 bits per heavy atom. The molecule has 110 valence electrons. The van der Waals surface area contributed by atoms with Gasteiger partial charge < -0.3 is 15.6 Å². The Bertz CT molecular complexity index is 730. The molecule has 0 aliphatic carbocycles. The minimum Gasteiger partial charge on any atom is -0.398 e. The van der Waals surface area contributed by atoms with Crippen molar-refractivity contribution in [2.24, 2.45) is 0 Å². The fourth-order valence-electron chi connectivity index (χ4n) is 1.89. The number of aryl methyl sites for hydroxylation is 1. The smallest absolute Gasteiger partial charge is 0.255 e. The molecule has 2 rings (SSSR count). The first-order chi connectivity index (χ1) is 9.92. The lowest BCUT2D eigenvalue weighted by Crippen LogP contribution is -2.20. The second kappa shape index (κ2) is 5.78. The van der Waals surface area contributed by atoms with Crippen molar-refractivity contribution in [3.05, 3.63) is 57.8 Å². The van der Waals surface area contributed by atoms with Crippen molar-refractivity contribution in [2.75, 3.05) is 11.1 Å².